The molecule has 90 valence electrons. The van der Waals surface area contributed by atoms with Gasteiger partial charge >= 0.3 is 35.5 Å². The van der Waals surface area contributed by atoms with Crippen molar-refractivity contribution in [2.24, 2.45) is 0 Å². The summed E-state index contributed by atoms with van der Waals surface area (Å²) in [5.74, 6) is 0.517. The summed E-state index contributed by atoms with van der Waals surface area (Å²) >= 11 is 0. The van der Waals surface area contributed by atoms with E-state index in [0.717, 1.165) is 12.8 Å². The predicted molar refractivity (Wildman–Crippen MR) is 66.6 cm³/mol. The number of hydrogen-bond donors (Lipinski definition) is 0. The van der Waals surface area contributed by atoms with Crippen molar-refractivity contribution in [3.8, 4) is 5.75 Å². The zero-order chi connectivity index (χ0) is 11.6. The average Bonchev–Trinajstić information content (AvgIpc) is 2.30. The van der Waals surface area contributed by atoms with E-state index in [1.54, 1.807) is 12.1 Å². The van der Waals surface area contributed by atoms with E-state index >= 15 is 0 Å². The molecule has 0 saturated heterocycles. The molecule has 17 heavy (non-hydrogen) atoms. The van der Waals surface area contributed by atoms with Gasteiger partial charge in [-0.2, -0.15) is 0 Å². The molecule has 1 aromatic rings. The molecular formula is C14H21NaO2. The van der Waals surface area contributed by atoms with Gasteiger partial charge in [-0.15, -0.1) is 0 Å². The van der Waals surface area contributed by atoms with E-state index in [0.29, 0.717) is 12.2 Å². The molecule has 0 amide bonds. The van der Waals surface area contributed by atoms with Gasteiger partial charge in [0.05, 0.1) is 0 Å². The first-order chi connectivity index (χ1) is 7.83. The molecule has 0 radical (unpaired) electrons. The van der Waals surface area contributed by atoms with E-state index < -0.39 is 0 Å². The summed E-state index contributed by atoms with van der Waals surface area (Å²) in [7, 11) is 0. The van der Waals surface area contributed by atoms with Crippen LogP contribution in [0.1, 0.15) is 46.9 Å². The number of benzene rings is 1. The minimum Gasteiger partial charge on any atom is -1.00 e. The molecule has 0 saturated carbocycles. The van der Waals surface area contributed by atoms with Crippen molar-refractivity contribution in [1.82, 2.24) is 0 Å². The summed E-state index contributed by atoms with van der Waals surface area (Å²) in [4.78, 5) is 11.4. The number of carbonyl (C=O) groups is 1. The molecule has 0 unspecified atom stereocenters. The Hall–Kier alpha value is -0.310. The van der Waals surface area contributed by atoms with Gasteiger partial charge in [-0.25, -0.2) is 0 Å². The number of hydrogen-bond acceptors (Lipinski definition) is 2. The van der Waals surface area contributed by atoms with Crippen molar-refractivity contribution in [2.75, 3.05) is 0 Å². The molecule has 1 rings (SSSR count). The fourth-order valence-electron chi connectivity index (χ4n) is 1.54. The van der Waals surface area contributed by atoms with E-state index in [2.05, 4.69) is 6.92 Å². The van der Waals surface area contributed by atoms with Crippen molar-refractivity contribution in [1.29, 1.82) is 0 Å². The van der Waals surface area contributed by atoms with Crippen LogP contribution in [0.15, 0.2) is 30.3 Å². The number of rotatable bonds is 7. The van der Waals surface area contributed by atoms with Crippen molar-refractivity contribution >= 4 is 5.97 Å². The fraction of sp³-hybridized carbons (Fsp3) is 0.500. The molecule has 3 heteroatoms. The van der Waals surface area contributed by atoms with Crippen molar-refractivity contribution < 1.29 is 40.5 Å². The van der Waals surface area contributed by atoms with Crippen LogP contribution >= 0.6 is 0 Å². The van der Waals surface area contributed by atoms with Gasteiger partial charge < -0.3 is 6.16 Å². The Bertz CT molecular complexity index is 304. The quantitative estimate of drug-likeness (QED) is 0.310. The maximum Gasteiger partial charge on any atom is 1.00 e. The minimum atomic E-state index is -0.123. The summed E-state index contributed by atoms with van der Waals surface area (Å²) in [6.45, 7) is 2.18. The van der Waals surface area contributed by atoms with Gasteiger partial charge in [0.2, 0.25) is 0 Å². The van der Waals surface area contributed by atoms with Gasteiger partial charge in [0.15, 0.2) is 0 Å². The Labute approximate surface area is 128 Å². The smallest absolute Gasteiger partial charge is 1.00 e. The van der Waals surface area contributed by atoms with Crippen LogP contribution in [0, 0.1) is 0 Å². The van der Waals surface area contributed by atoms with Gasteiger partial charge in [-0.1, -0.05) is 50.8 Å². The predicted octanol–water partition coefficient (Wildman–Crippen LogP) is 1.07. The number of carbonyl (C=O) groups excluding carboxylic acids is 1. The number of unbranched alkanes of at least 4 members (excludes halogenated alkanes) is 4. The second-order valence-corrected chi connectivity index (χ2v) is 3.95. The molecule has 0 aromatic heterocycles. The Morgan fingerprint density at radius 1 is 1.12 bits per heavy atom. The Kier molecular flexibility index (Phi) is 10.6. The van der Waals surface area contributed by atoms with Crippen molar-refractivity contribution in [3.05, 3.63) is 30.3 Å². The van der Waals surface area contributed by atoms with E-state index in [4.69, 9.17) is 4.74 Å². The standard InChI is InChI=1S/C14H20O2.Na.H/c1-2-3-4-5-9-12-14(15)16-13-10-7-6-8-11-13;;/h6-8,10-11H,2-5,9,12H2,1H3;;/q;+1;-1. The summed E-state index contributed by atoms with van der Waals surface area (Å²) in [6.07, 6.45) is 6.29. The summed E-state index contributed by atoms with van der Waals surface area (Å²) in [5.41, 5.74) is 0. The summed E-state index contributed by atoms with van der Waals surface area (Å²) in [5, 5.41) is 0. The third-order valence-electron chi connectivity index (χ3n) is 2.46. The van der Waals surface area contributed by atoms with Crippen LogP contribution in [-0.4, -0.2) is 5.97 Å². The van der Waals surface area contributed by atoms with Crippen LogP contribution in [0.25, 0.3) is 0 Å². The average molecular weight is 244 g/mol. The first-order valence-electron chi connectivity index (χ1n) is 6.08. The van der Waals surface area contributed by atoms with Crippen LogP contribution in [-0.2, 0) is 4.79 Å². The molecular weight excluding hydrogens is 223 g/mol. The van der Waals surface area contributed by atoms with Gasteiger partial charge in [0.1, 0.15) is 5.75 Å². The molecule has 2 nitrogen and oxygen atoms in total. The number of ether oxygens (including phenoxy) is 1. The van der Waals surface area contributed by atoms with Gasteiger partial charge in [0.25, 0.3) is 0 Å². The third kappa shape index (κ3) is 8.42. The van der Waals surface area contributed by atoms with E-state index in [-0.39, 0.29) is 37.0 Å². The molecule has 1 aromatic carbocycles. The van der Waals surface area contributed by atoms with Gasteiger partial charge in [-0.3, -0.25) is 4.79 Å². The molecule has 0 aliphatic carbocycles. The molecule has 0 bridgehead atoms. The first-order valence-corrected chi connectivity index (χ1v) is 6.08. The van der Waals surface area contributed by atoms with Gasteiger partial charge in [0, 0.05) is 6.42 Å². The van der Waals surface area contributed by atoms with E-state index in [1.165, 1.54) is 19.3 Å². The molecule has 0 heterocycles. The van der Waals surface area contributed by atoms with Crippen molar-refractivity contribution in [2.45, 2.75) is 45.4 Å². The molecule has 0 atom stereocenters. The maximum atomic E-state index is 11.4. The summed E-state index contributed by atoms with van der Waals surface area (Å²) < 4.78 is 5.18. The van der Waals surface area contributed by atoms with Crippen LogP contribution in [0.4, 0.5) is 0 Å². The SMILES string of the molecule is CCCCCCCC(=O)Oc1ccccc1.[H-].[Na+]. The van der Waals surface area contributed by atoms with Crippen LogP contribution in [0.5, 0.6) is 5.75 Å². The first kappa shape index (κ1) is 16.7. The largest absolute Gasteiger partial charge is 1.00 e. The van der Waals surface area contributed by atoms with Crippen molar-refractivity contribution in [3.63, 3.8) is 0 Å². The zero-order valence-corrected chi connectivity index (χ0v) is 12.9. The number of esters is 1. The van der Waals surface area contributed by atoms with E-state index in [1.807, 2.05) is 18.2 Å². The second kappa shape index (κ2) is 10.8. The monoisotopic (exact) mass is 244 g/mol. The van der Waals surface area contributed by atoms with Gasteiger partial charge in [-0.05, 0) is 18.6 Å². The maximum absolute atomic E-state index is 11.4. The van der Waals surface area contributed by atoms with Crippen LogP contribution in [0.3, 0.4) is 0 Å². The summed E-state index contributed by atoms with van der Waals surface area (Å²) in [6, 6.07) is 9.24. The minimum absolute atomic E-state index is 0. The van der Waals surface area contributed by atoms with E-state index in [9.17, 15) is 4.79 Å². The third-order valence-corrected chi connectivity index (χ3v) is 2.46. The second-order valence-electron chi connectivity index (χ2n) is 3.95. The number of para-hydroxylation sites is 1. The molecule has 0 aliphatic rings. The molecule has 0 fully saturated rings. The topological polar surface area (TPSA) is 26.3 Å². The Morgan fingerprint density at radius 2 is 1.76 bits per heavy atom. The fourth-order valence-corrected chi connectivity index (χ4v) is 1.54. The normalized spacial score (nSPS) is 9.47. The van der Waals surface area contributed by atoms with Crippen LogP contribution in [0.2, 0.25) is 0 Å². The molecule has 0 aliphatic heterocycles. The molecule has 0 spiro atoms. The zero-order valence-electron chi connectivity index (χ0n) is 11.9. The van der Waals surface area contributed by atoms with Crippen LogP contribution < -0.4 is 34.3 Å². The Morgan fingerprint density at radius 3 is 2.41 bits per heavy atom. The Balaban J connectivity index is 0. The molecule has 0 N–H and O–H groups in total.